The fraction of sp³-hybridized carbons (Fsp3) is 0.423. The van der Waals surface area contributed by atoms with E-state index < -0.39 is 48.3 Å². The van der Waals surface area contributed by atoms with Crippen LogP contribution in [-0.4, -0.2) is 48.2 Å². The minimum absolute atomic E-state index is 0.0352. The van der Waals surface area contributed by atoms with Crippen molar-refractivity contribution in [2.75, 3.05) is 6.61 Å². The first-order chi connectivity index (χ1) is 16.5. The Morgan fingerprint density at radius 2 is 1.51 bits per heavy atom. The summed E-state index contributed by atoms with van der Waals surface area (Å²) in [7, 11) is 0. The number of alkyl carbamates (subject to hydrolysis) is 1. The highest BCUT2D eigenvalue weighted by Gasteiger charge is 2.34. The highest BCUT2D eigenvalue weighted by molar-refractivity contribution is 5.86. The molecule has 0 radical (unpaired) electrons. The maximum Gasteiger partial charge on any atom is 0.407 e. The van der Waals surface area contributed by atoms with Crippen LogP contribution in [0.2, 0.25) is 0 Å². The average molecular weight is 489 g/mol. The van der Waals surface area contributed by atoms with Crippen LogP contribution in [0.4, 0.5) is 13.6 Å². The maximum absolute atomic E-state index is 13.2. The summed E-state index contributed by atoms with van der Waals surface area (Å²) in [6.45, 7) is 5.14. The fourth-order valence-electron chi connectivity index (χ4n) is 4.21. The summed E-state index contributed by atoms with van der Waals surface area (Å²) >= 11 is 0. The van der Waals surface area contributed by atoms with Gasteiger partial charge in [-0.25, -0.2) is 13.6 Å². The third-order valence-electron chi connectivity index (χ3n) is 6.11. The molecule has 2 amide bonds. The molecular formula is C26H30F2N2O5. The van der Waals surface area contributed by atoms with Gasteiger partial charge in [0.1, 0.15) is 12.6 Å². The molecule has 0 heterocycles. The Morgan fingerprint density at radius 1 is 0.971 bits per heavy atom. The lowest BCUT2D eigenvalue weighted by molar-refractivity contribution is -0.138. The molecule has 9 heteroatoms. The van der Waals surface area contributed by atoms with Crippen LogP contribution in [0.15, 0.2) is 48.5 Å². The van der Waals surface area contributed by atoms with Crippen LogP contribution < -0.4 is 10.6 Å². The van der Waals surface area contributed by atoms with Crippen molar-refractivity contribution in [3.05, 3.63) is 59.7 Å². The van der Waals surface area contributed by atoms with Gasteiger partial charge in [0.15, 0.2) is 0 Å². The van der Waals surface area contributed by atoms with E-state index in [4.69, 9.17) is 9.84 Å². The molecule has 7 nitrogen and oxygen atoms in total. The second-order valence-corrected chi connectivity index (χ2v) is 9.67. The lowest BCUT2D eigenvalue weighted by atomic mass is 9.84. The molecule has 0 saturated heterocycles. The van der Waals surface area contributed by atoms with E-state index in [0.717, 1.165) is 22.3 Å². The van der Waals surface area contributed by atoms with E-state index in [1.807, 2.05) is 48.5 Å². The zero-order chi connectivity index (χ0) is 25.8. The Kier molecular flexibility index (Phi) is 8.09. The number of fused-ring (bicyclic) bond motifs is 3. The SMILES string of the molecule is CC(C)(C)C(CC(=O)O)NC(=O)C(CC(F)F)NC(=O)OCC1c2ccccc2-c2ccccc21. The standard InChI is InChI=1S/C26H30F2N2O5/c1-26(2,3)21(13-23(31)32)30-24(33)20(12-22(27)28)29-25(34)35-14-19-17-10-6-4-8-15(17)16-9-5-7-11-18(16)19/h4-11,19-22H,12-14H2,1-3H3,(H,29,34)(H,30,33)(H,31,32). The van der Waals surface area contributed by atoms with Gasteiger partial charge in [0, 0.05) is 18.4 Å². The van der Waals surface area contributed by atoms with E-state index in [1.54, 1.807) is 20.8 Å². The van der Waals surface area contributed by atoms with E-state index in [2.05, 4.69) is 10.6 Å². The summed E-state index contributed by atoms with van der Waals surface area (Å²) in [6, 6.07) is 13.1. The molecule has 2 aromatic carbocycles. The van der Waals surface area contributed by atoms with E-state index in [1.165, 1.54) is 0 Å². The van der Waals surface area contributed by atoms with E-state index in [-0.39, 0.29) is 18.9 Å². The average Bonchev–Trinajstić information content (AvgIpc) is 3.09. The Bertz CT molecular complexity index is 1040. The molecule has 1 aliphatic rings. The topological polar surface area (TPSA) is 105 Å². The van der Waals surface area contributed by atoms with E-state index in [0.29, 0.717) is 0 Å². The summed E-state index contributed by atoms with van der Waals surface area (Å²) in [4.78, 5) is 36.4. The van der Waals surface area contributed by atoms with Crippen LogP contribution >= 0.6 is 0 Å². The summed E-state index contributed by atoms with van der Waals surface area (Å²) < 4.78 is 31.7. The van der Waals surface area contributed by atoms with Crippen molar-refractivity contribution in [1.29, 1.82) is 0 Å². The number of benzene rings is 2. The quantitative estimate of drug-likeness (QED) is 0.480. The molecule has 2 atom stereocenters. The molecule has 0 bridgehead atoms. The van der Waals surface area contributed by atoms with Crippen LogP contribution in [0.5, 0.6) is 0 Å². The number of aliphatic carboxylic acids is 1. The lowest BCUT2D eigenvalue weighted by Gasteiger charge is -2.32. The number of carbonyl (C=O) groups excluding carboxylic acids is 2. The van der Waals surface area contributed by atoms with Crippen molar-refractivity contribution < 1.29 is 33.0 Å². The Hall–Kier alpha value is -3.49. The van der Waals surface area contributed by atoms with Crippen LogP contribution in [0.1, 0.15) is 50.7 Å². The summed E-state index contributed by atoms with van der Waals surface area (Å²) in [5.41, 5.74) is 3.42. The molecular weight excluding hydrogens is 458 g/mol. The maximum atomic E-state index is 13.2. The number of alkyl halides is 2. The zero-order valence-electron chi connectivity index (χ0n) is 19.9. The minimum Gasteiger partial charge on any atom is -0.481 e. The van der Waals surface area contributed by atoms with Crippen molar-refractivity contribution >= 4 is 18.0 Å². The number of hydrogen-bond acceptors (Lipinski definition) is 4. The third kappa shape index (κ3) is 6.55. The molecule has 35 heavy (non-hydrogen) atoms. The smallest absolute Gasteiger partial charge is 0.407 e. The van der Waals surface area contributed by atoms with Crippen LogP contribution in [-0.2, 0) is 14.3 Å². The fourth-order valence-corrected chi connectivity index (χ4v) is 4.21. The predicted molar refractivity (Wildman–Crippen MR) is 126 cm³/mol. The number of nitrogens with one attached hydrogen (secondary N) is 2. The van der Waals surface area contributed by atoms with Gasteiger partial charge in [-0.05, 0) is 27.7 Å². The van der Waals surface area contributed by atoms with Gasteiger partial charge in [-0.3, -0.25) is 9.59 Å². The largest absolute Gasteiger partial charge is 0.481 e. The first-order valence-corrected chi connectivity index (χ1v) is 11.4. The molecule has 2 unspecified atom stereocenters. The van der Waals surface area contributed by atoms with Crippen LogP contribution in [0, 0.1) is 5.41 Å². The molecule has 2 aromatic rings. The van der Waals surface area contributed by atoms with Gasteiger partial charge < -0.3 is 20.5 Å². The highest BCUT2D eigenvalue weighted by Crippen LogP contribution is 2.44. The predicted octanol–water partition coefficient (Wildman–Crippen LogP) is 4.55. The van der Waals surface area contributed by atoms with Gasteiger partial charge in [-0.15, -0.1) is 0 Å². The molecule has 188 valence electrons. The number of hydrogen-bond donors (Lipinski definition) is 3. The zero-order valence-corrected chi connectivity index (χ0v) is 19.9. The number of amides is 2. The summed E-state index contributed by atoms with van der Waals surface area (Å²) in [6.07, 6.45) is -5.19. The van der Waals surface area contributed by atoms with Gasteiger partial charge in [-0.1, -0.05) is 69.3 Å². The highest BCUT2D eigenvalue weighted by atomic mass is 19.3. The van der Waals surface area contributed by atoms with Gasteiger partial charge in [0.05, 0.1) is 6.42 Å². The van der Waals surface area contributed by atoms with Crippen molar-refractivity contribution in [2.45, 2.75) is 58.0 Å². The minimum atomic E-state index is -2.87. The second kappa shape index (κ2) is 10.8. The van der Waals surface area contributed by atoms with Crippen LogP contribution in [0.25, 0.3) is 11.1 Å². The third-order valence-corrected chi connectivity index (χ3v) is 6.11. The molecule has 0 spiro atoms. The number of rotatable bonds is 9. The Morgan fingerprint density at radius 3 is 2.00 bits per heavy atom. The molecule has 0 saturated carbocycles. The van der Waals surface area contributed by atoms with Gasteiger partial charge in [0.2, 0.25) is 12.3 Å². The Balaban J connectivity index is 1.68. The number of carboxylic acids is 1. The summed E-state index contributed by atoms with van der Waals surface area (Å²) in [5.74, 6) is -2.25. The lowest BCUT2D eigenvalue weighted by Crippen LogP contribution is -2.53. The number of halogens is 2. The second-order valence-electron chi connectivity index (χ2n) is 9.67. The summed E-state index contributed by atoms with van der Waals surface area (Å²) in [5, 5.41) is 13.9. The van der Waals surface area contributed by atoms with Gasteiger partial charge in [-0.2, -0.15) is 0 Å². The first-order valence-electron chi connectivity index (χ1n) is 11.4. The molecule has 0 aliphatic heterocycles. The van der Waals surface area contributed by atoms with Crippen molar-refractivity contribution in [2.24, 2.45) is 5.41 Å². The van der Waals surface area contributed by atoms with Crippen molar-refractivity contribution in [3.8, 4) is 11.1 Å². The van der Waals surface area contributed by atoms with Gasteiger partial charge in [0.25, 0.3) is 0 Å². The van der Waals surface area contributed by atoms with E-state index >= 15 is 0 Å². The normalized spacial score (nSPS) is 14.6. The number of carboxylic acid groups (broad SMARTS) is 1. The van der Waals surface area contributed by atoms with Crippen molar-refractivity contribution in [1.82, 2.24) is 10.6 Å². The molecule has 1 aliphatic carbocycles. The van der Waals surface area contributed by atoms with E-state index in [9.17, 15) is 23.2 Å². The van der Waals surface area contributed by atoms with Crippen molar-refractivity contribution in [3.63, 3.8) is 0 Å². The van der Waals surface area contributed by atoms with Crippen LogP contribution in [0.3, 0.4) is 0 Å². The molecule has 3 N–H and O–H groups in total. The Labute approximate surface area is 202 Å². The molecule has 0 fully saturated rings. The first kappa shape index (κ1) is 26.1. The van der Waals surface area contributed by atoms with Gasteiger partial charge >= 0.3 is 12.1 Å². The monoisotopic (exact) mass is 488 g/mol. The number of ether oxygens (including phenoxy) is 1. The molecule has 0 aromatic heterocycles. The number of carbonyl (C=O) groups is 3. The molecule has 3 rings (SSSR count).